The maximum atomic E-state index is 11.0. The van der Waals surface area contributed by atoms with Gasteiger partial charge in [0.05, 0.1) is 0 Å². The fourth-order valence-corrected chi connectivity index (χ4v) is 1.09. The first kappa shape index (κ1) is 13.9. The number of carboxylic acids is 1. The van der Waals surface area contributed by atoms with E-state index in [9.17, 15) is 4.79 Å². The molecule has 0 rings (SSSR count). The second-order valence-corrected chi connectivity index (χ2v) is 3.62. The molecule has 86 valence electrons. The zero-order valence-electron chi connectivity index (χ0n) is 9.57. The minimum absolute atomic E-state index is 0.855. The molecule has 0 aliphatic heterocycles. The first-order valence-corrected chi connectivity index (χ1v) is 5.44. The monoisotopic (exact) mass is 211 g/mol. The van der Waals surface area contributed by atoms with Crippen LogP contribution in [0.5, 0.6) is 0 Å². The predicted molar refractivity (Wildman–Crippen MR) is 62.7 cm³/mol. The van der Waals surface area contributed by atoms with Crippen LogP contribution in [0.1, 0.15) is 39.5 Å². The number of nitrogens with two attached hydrogens (primary N) is 1. The first-order valence-electron chi connectivity index (χ1n) is 5.44. The summed E-state index contributed by atoms with van der Waals surface area (Å²) < 4.78 is 0. The van der Waals surface area contributed by atoms with Gasteiger partial charge in [-0.25, -0.2) is 4.79 Å². The van der Waals surface area contributed by atoms with Gasteiger partial charge >= 0.3 is 5.97 Å². The van der Waals surface area contributed by atoms with Crippen LogP contribution in [-0.4, -0.2) is 16.6 Å². The summed E-state index contributed by atoms with van der Waals surface area (Å²) in [6.45, 7) is 4.08. The van der Waals surface area contributed by atoms with E-state index in [4.69, 9.17) is 10.8 Å². The quantitative estimate of drug-likeness (QED) is 0.636. The third kappa shape index (κ3) is 5.37. The summed E-state index contributed by atoms with van der Waals surface area (Å²) in [6, 6.07) is 0. The molecular formula is C12H21NO2. The minimum Gasteiger partial charge on any atom is -0.479 e. The zero-order valence-corrected chi connectivity index (χ0v) is 9.57. The van der Waals surface area contributed by atoms with Crippen molar-refractivity contribution in [3.05, 3.63) is 24.3 Å². The van der Waals surface area contributed by atoms with Gasteiger partial charge in [-0.3, -0.25) is 0 Å². The summed E-state index contributed by atoms with van der Waals surface area (Å²) in [5.41, 5.74) is 4.41. The molecule has 0 saturated carbocycles. The van der Waals surface area contributed by atoms with Gasteiger partial charge in [-0.05, 0) is 12.8 Å². The number of allylic oxidation sites excluding steroid dienone is 2. The van der Waals surface area contributed by atoms with Crippen LogP contribution in [0.3, 0.4) is 0 Å². The Kier molecular flexibility index (Phi) is 6.71. The fourth-order valence-electron chi connectivity index (χ4n) is 1.09. The Morgan fingerprint density at radius 3 is 1.87 bits per heavy atom. The molecule has 0 saturated heterocycles. The van der Waals surface area contributed by atoms with Crippen molar-refractivity contribution in [1.29, 1.82) is 0 Å². The van der Waals surface area contributed by atoms with Gasteiger partial charge in [-0.2, -0.15) is 0 Å². The van der Waals surface area contributed by atoms with Crippen LogP contribution in [0.2, 0.25) is 0 Å². The average molecular weight is 211 g/mol. The topological polar surface area (TPSA) is 63.3 Å². The number of unbranched alkanes of at least 4 members (excludes halogenated alkanes) is 2. The van der Waals surface area contributed by atoms with E-state index >= 15 is 0 Å². The van der Waals surface area contributed by atoms with E-state index in [2.05, 4.69) is 0 Å². The summed E-state index contributed by atoms with van der Waals surface area (Å²) in [4.78, 5) is 11.0. The summed E-state index contributed by atoms with van der Waals surface area (Å²) in [5, 5.41) is 9.00. The summed E-state index contributed by atoms with van der Waals surface area (Å²) in [7, 11) is 0. The lowest BCUT2D eigenvalue weighted by molar-refractivity contribution is -0.139. The molecule has 0 bridgehead atoms. The highest BCUT2D eigenvalue weighted by atomic mass is 16.4. The van der Waals surface area contributed by atoms with Crippen LogP contribution >= 0.6 is 0 Å². The molecule has 0 fully saturated rings. The number of hydrogen-bond donors (Lipinski definition) is 2. The second-order valence-electron chi connectivity index (χ2n) is 3.62. The fraction of sp³-hybridized carbons (Fsp3) is 0.583. The van der Waals surface area contributed by atoms with Gasteiger partial charge in [-0.1, -0.05) is 51.0 Å². The third-order valence-corrected chi connectivity index (χ3v) is 2.07. The van der Waals surface area contributed by atoms with Crippen LogP contribution < -0.4 is 5.73 Å². The van der Waals surface area contributed by atoms with Crippen LogP contribution in [0, 0.1) is 0 Å². The average Bonchev–Trinajstić information content (AvgIpc) is 2.18. The number of carboxylic acid groups (broad SMARTS) is 1. The van der Waals surface area contributed by atoms with E-state index in [1.807, 2.05) is 26.0 Å². The van der Waals surface area contributed by atoms with Crippen molar-refractivity contribution in [3.8, 4) is 0 Å². The van der Waals surface area contributed by atoms with Gasteiger partial charge in [0, 0.05) is 0 Å². The molecule has 0 atom stereocenters. The van der Waals surface area contributed by atoms with Crippen molar-refractivity contribution in [2.45, 2.75) is 45.1 Å². The maximum Gasteiger partial charge on any atom is 0.331 e. The maximum absolute atomic E-state index is 11.0. The Bertz CT molecular complexity index is 228. The molecule has 0 unspecified atom stereocenters. The van der Waals surface area contributed by atoms with Crippen molar-refractivity contribution < 1.29 is 9.90 Å². The van der Waals surface area contributed by atoms with Crippen molar-refractivity contribution in [3.63, 3.8) is 0 Å². The van der Waals surface area contributed by atoms with E-state index in [1.54, 1.807) is 12.2 Å². The molecule has 3 nitrogen and oxygen atoms in total. The van der Waals surface area contributed by atoms with E-state index in [0.29, 0.717) is 0 Å². The van der Waals surface area contributed by atoms with E-state index < -0.39 is 11.5 Å². The highest BCUT2D eigenvalue weighted by Crippen LogP contribution is 2.08. The Balaban J connectivity index is 4.52. The van der Waals surface area contributed by atoms with Crippen molar-refractivity contribution in [2.24, 2.45) is 5.73 Å². The van der Waals surface area contributed by atoms with E-state index in [-0.39, 0.29) is 0 Å². The van der Waals surface area contributed by atoms with Gasteiger partial charge in [0.1, 0.15) is 0 Å². The predicted octanol–water partition coefficient (Wildman–Crippen LogP) is 2.48. The summed E-state index contributed by atoms with van der Waals surface area (Å²) in [5.74, 6) is -1.01. The molecule has 0 aromatic heterocycles. The second kappa shape index (κ2) is 7.23. The normalized spacial score (nSPS) is 15.9. The number of rotatable bonds is 7. The summed E-state index contributed by atoms with van der Waals surface area (Å²) in [6.07, 6.45) is 10.5. The van der Waals surface area contributed by atoms with Gasteiger partial charge in [-0.15, -0.1) is 0 Å². The standard InChI is InChI=1S/C12H21NO2/c1-3-5-7-9-12(13,11(14)15)10-8-6-4-2/h7-10H,3-6,13H2,1-2H3,(H,14,15). The first-order chi connectivity index (χ1) is 7.06. The van der Waals surface area contributed by atoms with Crippen molar-refractivity contribution in [2.75, 3.05) is 0 Å². The minimum atomic E-state index is -1.34. The Labute approximate surface area is 91.7 Å². The molecule has 0 radical (unpaired) electrons. The van der Waals surface area contributed by atoms with E-state index in [0.717, 1.165) is 25.7 Å². The molecule has 0 aliphatic carbocycles. The molecule has 0 amide bonds. The van der Waals surface area contributed by atoms with Crippen molar-refractivity contribution >= 4 is 5.97 Å². The smallest absolute Gasteiger partial charge is 0.331 e. The molecule has 0 heterocycles. The van der Waals surface area contributed by atoms with Crippen LogP contribution in [0.15, 0.2) is 24.3 Å². The Morgan fingerprint density at radius 2 is 1.60 bits per heavy atom. The third-order valence-electron chi connectivity index (χ3n) is 2.07. The molecule has 3 N–H and O–H groups in total. The van der Waals surface area contributed by atoms with Gasteiger partial charge < -0.3 is 10.8 Å². The largest absolute Gasteiger partial charge is 0.479 e. The highest BCUT2D eigenvalue weighted by molar-refractivity contribution is 5.83. The Morgan fingerprint density at radius 1 is 1.20 bits per heavy atom. The lowest BCUT2D eigenvalue weighted by Gasteiger charge is -2.15. The molecule has 0 spiro atoms. The number of carbonyl (C=O) groups is 1. The summed E-state index contributed by atoms with van der Waals surface area (Å²) >= 11 is 0. The number of aliphatic carboxylic acids is 1. The van der Waals surface area contributed by atoms with Gasteiger partial charge in [0.25, 0.3) is 0 Å². The highest BCUT2D eigenvalue weighted by Gasteiger charge is 2.26. The molecule has 0 aliphatic rings. The molecule has 3 heteroatoms. The Hall–Kier alpha value is -1.09. The van der Waals surface area contributed by atoms with Gasteiger partial charge in [0.2, 0.25) is 0 Å². The zero-order chi connectivity index (χ0) is 11.7. The van der Waals surface area contributed by atoms with E-state index in [1.165, 1.54) is 0 Å². The van der Waals surface area contributed by atoms with Crippen molar-refractivity contribution in [1.82, 2.24) is 0 Å². The lowest BCUT2D eigenvalue weighted by atomic mass is 9.98. The molecule has 0 aromatic carbocycles. The van der Waals surface area contributed by atoms with Gasteiger partial charge in [0.15, 0.2) is 5.54 Å². The molecule has 0 aromatic rings. The van der Waals surface area contributed by atoms with Crippen LogP contribution in [0.25, 0.3) is 0 Å². The molecule has 15 heavy (non-hydrogen) atoms. The molecular weight excluding hydrogens is 190 g/mol. The SMILES string of the molecule is CCCC=CC(N)(C=CCCC)C(=O)O. The lowest BCUT2D eigenvalue weighted by Crippen LogP contribution is -2.44. The van der Waals surface area contributed by atoms with Crippen LogP contribution in [0.4, 0.5) is 0 Å². The van der Waals surface area contributed by atoms with Crippen LogP contribution in [-0.2, 0) is 4.79 Å². The number of hydrogen-bond acceptors (Lipinski definition) is 2.